The maximum absolute atomic E-state index is 14.0. The summed E-state index contributed by atoms with van der Waals surface area (Å²) in [5, 5.41) is 12.3. The third-order valence-electron chi connectivity index (χ3n) is 7.04. The fourth-order valence-electron chi connectivity index (χ4n) is 4.82. The van der Waals surface area contributed by atoms with Gasteiger partial charge in [-0.25, -0.2) is 4.98 Å². The summed E-state index contributed by atoms with van der Waals surface area (Å²) in [5.41, 5.74) is 2.78. The normalized spacial score (nSPS) is 11.8. The second kappa shape index (κ2) is 11.7. The number of non-ortho nitro benzene ring substituents is 1. The molecule has 0 N–H and O–H groups in total. The molecule has 1 aromatic heterocycles. The minimum Gasteiger partial charge on any atom is -0.328 e. The molecule has 5 rings (SSSR count). The molecule has 0 radical (unpaired) electrons. The molecule has 0 aliphatic heterocycles. The summed E-state index contributed by atoms with van der Waals surface area (Å²) in [6.07, 6.45) is 0.528. The van der Waals surface area contributed by atoms with Crippen LogP contribution in [0.25, 0.3) is 16.6 Å². The van der Waals surface area contributed by atoms with Crippen LogP contribution in [0.1, 0.15) is 40.3 Å². The molecule has 0 saturated carbocycles. The summed E-state index contributed by atoms with van der Waals surface area (Å²) >= 11 is 6.26. The topological polar surface area (TPSA) is 98.3 Å². The fourth-order valence-corrected chi connectivity index (χ4v) is 4.99. The molecular formula is C32H27ClN4O4. The highest BCUT2D eigenvalue weighted by molar-refractivity contribution is 6.31. The number of amides is 1. The van der Waals surface area contributed by atoms with Crippen molar-refractivity contribution in [1.82, 2.24) is 14.5 Å². The van der Waals surface area contributed by atoms with Gasteiger partial charge in [-0.2, -0.15) is 0 Å². The van der Waals surface area contributed by atoms with E-state index in [1.807, 2.05) is 68.4 Å². The average molecular weight is 567 g/mol. The predicted molar refractivity (Wildman–Crippen MR) is 160 cm³/mol. The Bertz CT molecular complexity index is 1800. The van der Waals surface area contributed by atoms with Gasteiger partial charge in [0.15, 0.2) is 0 Å². The van der Waals surface area contributed by atoms with Gasteiger partial charge in [0.05, 0.1) is 27.6 Å². The molecule has 0 fully saturated rings. The zero-order chi connectivity index (χ0) is 29.1. The second-order valence-corrected chi connectivity index (χ2v) is 10.3. The zero-order valence-electron chi connectivity index (χ0n) is 22.5. The van der Waals surface area contributed by atoms with Crippen molar-refractivity contribution >= 4 is 34.1 Å². The summed E-state index contributed by atoms with van der Waals surface area (Å²) < 4.78 is 1.52. The fraction of sp³-hybridized carbons (Fsp3) is 0.156. The smallest absolute Gasteiger partial charge is 0.270 e. The van der Waals surface area contributed by atoms with Gasteiger partial charge in [-0.15, -0.1) is 0 Å². The number of carbonyl (C=O) groups is 1. The molecule has 8 nitrogen and oxygen atoms in total. The number of aromatic nitrogens is 2. The summed E-state index contributed by atoms with van der Waals surface area (Å²) in [6, 6.07) is 27.1. The molecule has 0 spiro atoms. The predicted octanol–water partition coefficient (Wildman–Crippen LogP) is 6.70. The Morgan fingerprint density at radius 1 is 1.00 bits per heavy atom. The first-order valence-corrected chi connectivity index (χ1v) is 13.5. The van der Waals surface area contributed by atoms with Crippen molar-refractivity contribution in [2.45, 2.75) is 26.3 Å². The molecule has 1 unspecified atom stereocenters. The first-order valence-electron chi connectivity index (χ1n) is 13.1. The number of nitro groups is 1. The van der Waals surface area contributed by atoms with Crippen LogP contribution >= 0.6 is 11.6 Å². The van der Waals surface area contributed by atoms with Crippen LogP contribution < -0.4 is 5.56 Å². The van der Waals surface area contributed by atoms with Crippen molar-refractivity contribution in [3.63, 3.8) is 0 Å². The number of nitrogens with zero attached hydrogens (tertiary/aromatic N) is 4. The van der Waals surface area contributed by atoms with Crippen LogP contribution in [0.2, 0.25) is 5.02 Å². The third kappa shape index (κ3) is 5.88. The van der Waals surface area contributed by atoms with E-state index in [1.165, 1.54) is 22.8 Å². The van der Waals surface area contributed by atoms with Gasteiger partial charge < -0.3 is 4.90 Å². The minimum atomic E-state index is -0.692. The molecule has 0 aliphatic carbocycles. The SMILES string of the molecule is Cc1ccc(-n2c(C(C)N(CCc3ccccc3)C(=O)c3cccc([N+](=O)[O-])c3)nc3cc(Cl)ccc3c2=O)cc1. The molecule has 41 heavy (non-hydrogen) atoms. The average Bonchev–Trinajstić information content (AvgIpc) is 2.98. The van der Waals surface area contributed by atoms with Gasteiger partial charge in [0, 0.05) is 29.3 Å². The lowest BCUT2D eigenvalue weighted by molar-refractivity contribution is -0.384. The number of benzene rings is 4. The van der Waals surface area contributed by atoms with Gasteiger partial charge in [-0.3, -0.25) is 24.3 Å². The van der Waals surface area contributed by atoms with Crippen LogP contribution in [0.15, 0.2) is 102 Å². The second-order valence-electron chi connectivity index (χ2n) is 9.83. The number of carbonyl (C=O) groups excluding carboxylic acids is 1. The number of hydrogen-bond donors (Lipinski definition) is 0. The largest absolute Gasteiger partial charge is 0.328 e. The lowest BCUT2D eigenvalue weighted by Crippen LogP contribution is -2.38. The summed E-state index contributed by atoms with van der Waals surface area (Å²) in [5.74, 6) is -0.0616. The molecule has 0 saturated heterocycles. The highest BCUT2D eigenvalue weighted by atomic mass is 35.5. The Hall–Kier alpha value is -4.82. The molecule has 206 valence electrons. The van der Waals surface area contributed by atoms with Crippen LogP contribution in [-0.4, -0.2) is 31.8 Å². The molecule has 1 heterocycles. The molecule has 0 bridgehead atoms. The molecule has 1 amide bonds. The molecule has 0 aliphatic rings. The van der Waals surface area contributed by atoms with E-state index in [4.69, 9.17) is 16.6 Å². The van der Waals surface area contributed by atoms with Crippen LogP contribution in [0.4, 0.5) is 5.69 Å². The number of hydrogen-bond acceptors (Lipinski definition) is 5. The van der Waals surface area contributed by atoms with Crippen LogP contribution in [0, 0.1) is 17.0 Å². The monoisotopic (exact) mass is 566 g/mol. The standard InChI is InChI=1S/C32H27ClN4O4/c1-21-11-14-26(15-12-21)36-30(34-29-20-25(33)13-16-28(29)32(36)39)22(2)35(18-17-23-7-4-3-5-8-23)31(38)24-9-6-10-27(19-24)37(40)41/h3-16,19-20,22H,17-18H2,1-2H3. The quantitative estimate of drug-likeness (QED) is 0.154. The maximum Gasteiger partial charge on any atom is 0.270 e. The first kappa shape index (κ1) is 27.7. The number of rotatable bonds is 8. The Morgan fingerprint density at radius 3 is 2.44 bits per heavy atom. The first-order chi connectivity index (χ1) is 19.7. The molecule has 4 aromatic carbocycles. The number of aryl methyl sites for hydroxylation is 1. The van der Waals surface area contributed by atoms with Gasteiger partial charge in [0.1, 0.15) is 5.82 Å². The van der Waals surface area contributed by atoms with Crippen molar-refractivity contribution < 1.29 is 9.72 Å². The van der Waals surface area contributed by atoms with E-state index in [9.17, 15) is 19.7 Å². The van der Waals surface area contributed by atoms with Gasteiger partial charge in [-0.05, 0) is 62.2 Å². The van der Waals surface area contributed by atoms with Gasteiger partial charge >= 0.3 is 0 Å². The lowest BCUT2D eigenvalue weighted by Gasteiger charge is -2.31. The Morgan fingerprint density at radius 2 is 1.73 bits per heavy atom. The van der Waals surface area contributed by atoms with Crippen molar-refractivity contribution in [2.24, 2.45) is 0 Å². The van der Waals surface area contributed by atoms with E-state index >= 15 is 0 Å². The summed E-state index contributed by atoms with van der Waals surface area (Å²) in [4.78, 5) is 45.3. The van der Waals surface area contributed by atoms with Crippen LogP contribution in [-0.2, 0) is 6.42 Å². The third-order valence-corrected chi connectivity index (χ3v) is 7.27. The Kier molecular flexibility index (Phi) is 7.94. The van der Waals surface area contributed by atoms with Gasteiger partial charge in [-0.1, -0.05) is 65.7 Å². The van der Waals surface area contributed by atoms with E-state index in [0.717, 1.165) is 11.1 Å². The van der Waals surface area contributed by atoms with Crippen molar-refractivity contribution in [3.05, 3.63) is 145 Å². The highest BCUT2D eigenvalue weighted by Crippen LogP contribution is 2.27. The summed E-state index contributed by atoms with van der Waals surface area (Å²) in [7, 11) is 0. The van der Waals surface area contributed by atoms with E-state index in [1.54, 1.807) is 29.2 Å². The zero-order valence-corrected chi connectivity index (χ0v) is 23.3. The lowest BCUT2D eigenvalue weighted by atomic mass is 10.1. The molecule has 5 aromatic rings. The van der Waals surface area contributed by atoms with Crippen LogP contribution in [0.3, 0.4) is 0 Å². The Labute approximate surface area is 241 Å². The molecule has 1 atom stereocenters. The summed E-state index contributed by atoms with van der Waals surface area (Å²) in [6.45, 7) is 4.05. The van der Waals surface area contributed by atoms with E-state index in [2.05, 4.69) is 0 Å². The Balaban J connectivity index is 1.67. The number of nitro benzene ring substituents is 1. The number of fused-ring (bicyclic) bond motifs is 1. The highest BCUT2D eigenvalue weighted by Gasteiger charge is 2.28. The number of halogens is 1. The van der Waals surface area contributed by atoms with E-state index in [0.29, 0.717) is 33.9 Å². The maximum atomic E-state index is 14.0. The van der Waals surface area contributed by atoms with Crippen molar-refractivity contribution in [1.29, 1.82) is 0 Å². The molecule has 9 heteroatoms. The van der Waals surface area contributed by atoms with Gasteiger partial charge in [0.25, 0.3) is 17.2 Å². The van der Waals surface area contributed by atoms with Crippen LogP contribution in [0.5, 0.6) is 0 Å². The molecular weight excluding hydrogens is 540 g/mol. The van der Waals surface area contributed by atoms with Gasteiger partial charge in [0.2, 0.25) is 0 Å². The van der Waals surface area contributed by atoms with Crippen molar-refractivity contribution in [2.75, 3.05) is 6.54 Å². The van der Waals surface area contributed by atoms with E-state index in [-0.39, 0.29) is 23.4 Å². The minimum absolute atomic E-state index is 0.173. The van der Waals surface area contributed by atoms with E-state index < -0.39 is 16.9 Å². The van der Waals surface area contributed by atoms with Crippen molar-refractivity contribution in [3.8, 4) is 5.69 Å².